The van der Waals surface area contributed by atoms with Crippen LogP contribution < -0.4 is 10.2 Å². The molecule has 1 saturated heterocycles. The monoisotopic (exact) mass is 355 g/mol. The molecule has 1 aromatic heterocycles. The second kappa shape index (κ2) is 7.41. The highest BCUT2D eigenvalue weighted by atomic mass is 35.5. The molecule has 1 unspecified atom stereocenters. The first-order chi connectivity index (χ1) is 12.1. The Balaban J connectivity index is 1.63. The summed E-state index contributed by atoms with van der Waals surface area (Å²) in [6.45, 7) is 2.89. The van der Waals surface area contributed by atoms with E-state index < -0.39 is 0 Å². The van der Waals surface area contributed by atoms with Gasteiger partial charge in [0.1, 0.15) is 6.07 Å². The van der Waals surface area contributed by atoms with Crippen molar-refractivity contribution in [3.63, 3.8) is 0 Å². The van der Waals surface area contributed by atoms with E-state index in [1.165, 1.54) is 6.08 Å². The zero-order valence-corrected chi connectivity index (χ0v) is 14.5. The number of hydrogen-bond acceptors (Lipinski definition) is 4. The Kier molecular flexibility index (Phi) is 5.05. The van der Waals surface area contributed by atoms with E-state index in [1.54, 1.807) is 30.7 Å². The Labute approximate surface area is 151 Å². The number of aromatic amines is 1. The SMILES string of the molecule is C[C@H]1C(NC(=O)/C=C/c2c[nH]cn2)CCN1c1ccc(C#N)c(Cl)c1. The lowest BCUT2D eigenvalue weighted by atomic mass is 10.1. The fourth-order valence-electron chi connectivity index (χ4n) is 3.03. The van der Waals surface area contributed by atoms with Gasteiger partial charge in [-0.05, 0) is 37.6 Å². The number of nitrogens with zero attached hydrogens (tertiary/aromatic N) is 3. The number of nitriles is 1. The summed E-state index contributed by atoms with van der Waals surface area (Å²) < 4.78 is 0. The van der Waals surface area contributed by atoms with Crippen LogP contribution >= 0.6 is 11.6 Å². The van der Waals surface area contributed by atoms with Crippen LogP contribution in [0.5, 0.6) is 0 Å². The van der Waals surface area contributed by atoms with Crippen LogP contribution in [0.15, 0.2) is 36.8 Å². The summed E-state index contributed by atoms with van der Waals surface area (Å²) >= 11 is 6.13. The molecule has 2 heterocycles. The molecule has 0 spiro atoms. The molecule has 1 aliphatic heterocycles. The maximum absolute atomic E-state index is 12.1. The second-order valence-corrected chi connectivity index (χ2v) is 6.35. The number of anilines is 1. The molecule has 1 aliphatic rings. The van der Waals surface area contributed by atoms with E-state index in [2.05, 4.69) is 33.2 Å². The lowest BCUT2D eigenvalue weighted by Gasteiger charge is -2.27. The lowest BCUT2D eigenvalue weighted by molar-refractivity contribution is -0.117. The van der Waals surface area contributed by atoms with Gasteiger partial charge in [-0.1, -0.05) is 11.6 Å². The van der Waals surface area contributed by atoms with E-state index in [9.17, 15) is 4.79 Å². The highest BCUT2D eigenvalue weighted by molar-refractivity contribution is 6.32. The maximum atomic E-state index is 12.1. The van der Waals surface area contributed by atoms with Crippen molar-refractivity contribution in [1.29, 1.82) is 5.26 Å². The summed E-state index contributed by atoms with van der Waals surface area (Å²) in [6, 6.07) is 7.66. The number of aromatic nitrogens is 2. The van der Waals surface area contributed by atoms with E-state index in [0.29, 0.717) is 16.3 Å². The molecule has 0 saturated carbocycles. The predicted octanol–water partition coefficient (Wildman–Crippen LogP) is 2.73. The third kappa shape index (κ3) is 3.83. The molecule has 128 valence electrons. The summed E-state index contributed by atoms with van der Waals surface area (Å²) in [6.07, 6.45) is 7.30. The molecule has 0 radical (unpaired) electrons. The lowest BCUT2D eigenvalue weighted by Crippen LogP contribution is -2.42. The van der Waals surface area contributed by atoms with E-state index in [0.717, 1.165) is 18.7 Å². The molecule has 1 fully saturated rings. The Hall–Kier alpha value is -2.78. The third-order valence-electron chi connectivity index (χ3n) is 4.41. The summed E-state index contributed by atoms with van der Waals surface area (Å²) in [7, 11) is 0. The standard InChI is InChI=1S/C18H18ClN5O/c1-12-17(23-18(25)5-3-14-10-21-11-22-14)6-7-24(12)15-4-2-13(9-20)16(19)8-15/h2-5,8,10-12,17H,6-7H2,1H3,(H,21,22)(H,23,25)/b5-3+/t12-,17?/m0/s1. The summed E-state index contributed by atoms with van der Waals surface area (Å²) in [5.74, 6) is -0.139. The van der Waals surface area contributed by atoms with Gasteiger partial charge in [-0.15, -0.1) is 0 Å². The number of carbonyl (C=O) groups is 1. The molecule has 7 heteroatoms. The molecule has 25 heavy (non-hydrogen) atoms. The Morgan fingerprint density at radius 2 is 2.40 bits per heavy atom. The first-order valence-corrected chi connectivity index (χ1v) is 8.40. The van der Waals surface area contributed by atoms with Crippen LogP contribution in [0.4, 0.5) is 5.69 Å². The highest BCUT2D eigenvalue weighted by Crippen LogP contribution is 2.29. The molecule has 0 bridgehead atoms. The number of benzene rings is 1. The number of nitrogens with one attached hydrogen (secondary N) is 2. The molecule has 2 N–H and O–H groups in total. The van der Waals surface area contributed by atoms with Gasteiger partial charge in [0.05, 0.1) is 28.6 Å². The van der Waals surface area contributed by atoms with E-state index in [-0.39, 0.29) is 18.0 Å². The van der Waals surface area contributed by atoms with Gasteiger partial charge in [-0.2, -0.15) is 5.26 Å². The van der Waals surface area contributed by atoms with E-state index >= 15 is 0 Å². The van der Waals surface area contributed by atoms with Gasteiger partial charge in [-0.25, -0.2) is 4.98 Å². The average molecular weight is 356 g/mol. The quantitative estimate of drug-likeness (QED) is 0.826. The summed E-state index contributed by atoms with van der Waals surface area (Å²) in [5.41, 5.74) is 2.13. The summed E-state index contributed by atoms with van der Waals surface area (Å²) in [4.78, 5) is 21.2. The van der Waals surface area contributed by atoms with Gasteiger partial charge < -0.3 is 15.2 Å². The van der Waals surface area contributed by atoms with Crippen LogP contribution in [-0.2, 0) is 4.79 Å². The minimum absolute atomic E-state index is 0.0470. The zero-order chi connectivity index (χ0) is 17.8. The van der Waals surface area contributed by atoms with Crippen molar-refractivity contribution in [2.45, 2.75) is 25.4 Å². The number of H-pyrrole nitrogens is 1. The normalized spacial score (nSPS) is 20.0. The Bertz CT molecular complexity index is 824. The van der Waals surface area contributed by atoms with Crippen LogP contribution in [0, 0.1) is 11.3 Å². The number of rotatable bonds is 4. The van der Waals surface area contributed by atoms with Gasteiger partial charge in [0.25, 0.3) is 0 Å². The Morgan fingerprint density at radius 3 is 3.08 bits per heavy atom. The van der Waals surface area contributed by atoms with Crippen molar-refractivity contribution >= 4 is 29.3 Å². The van der Waals surface area contributed by atoms with Crippen LogP contribution in [-0.4, -0.2) is 34.5 Å². The topological polar surface area (TPSA) is 84.8 Å². The minimum atomic E-state index is -0.139. The van der Waals surface area contributed by atoms with E-state index in [1.807, 2.05) is 6.07 Å². The van der Waals surface area contributed by atoms with Gasteiger partial charge in [-0.3, -0.25) is 4.79 Å². The molecule has 1 amide bonds. The number of carbonyl (C=O) groups excluding carboxylic acids is 1. The average Bonchev–Trinajstić information content (AvgIpc) is 3.24. The number of halogens is 1. The van der Waals surface area contributed by atoms with Gasteiger partial charge in [0.15, 0.2) is 0 Å². The first-order valence-electron chi connectivity index (χ1n) is 8.02. The first kappa shape index (κ1) is 17.1. The van der Waals surface area contributed by atoms with Crippen LogP contribution in [0.3, 0.4) is 0 Å². The second-order valence-electron chi connectivity index (χ2n) is 5.94. The van der Waals surface area contributed by atoms with Crippen molar-refractivity contribution in [3.8, 4) is 6.07 Å². The molecular formula is C18H18ClN5O. The van der Waals surface area contributed by atoms with Gasteiger partial charge in [0, 0.05) is 30.5 Å². The molecule has 1 aromatic carbocycles. The van der Waals surface area contributed by atoms with Crippen molar-refractivity contribution < 1.29 is 4.79 Å². The number of imidazole rings is 1. The molecule has 0 aliphatic carbocycles. The van der Waals surface area contributed by atoms with Gasteiger partial charge in [0.2, 0.25) is 5.91 Å². The fourth-order valence-corrected chi connectivity index (χ4v) is 3.24. The van der Waals surface area contributed by atoms with Crippen molar-refractivity contribution in [2.75, 3.05) is 11.4 Å². The Morgan fingerprint density at radius 1 is 1.56 bits per heavy atom. The van der Waals surface area contributed by atoms with Crippen molar-refractivity contribution in [1.82, 2.24) is 15.3 Å². The molecule has 2 atom stereocenters. The maximum Gasteiger partial charge on any atom is 0.244 e. The van der Waals surface area contributed by atoms with Crippen LogP contribution in [0.1, 0.15) is 24.6 Å². The largest absolute Gasteiger partial charge is 0.367 e. The van der Waals surface area contributed by atoms with Crippen LogP contribution in [0.2, 0.25) is 5.02 Å². The van der Waals surface area contributed by atoms with Crippen LogP contribution in [0.25, 0.3) is 6.08 Å². The minimum Gasteiger partial charge on any atom is -0.367 e. The van der Waals surface area contributed by atoms with Crippen molar-refractivity contribution in [3.05, 3.63) is 53.1 Å². The third-order valence-corrected chi connectivity index (χ3v) is 4.72. The molecular weight excluding hydrogens is 338 g/mol. The zero-order valence-electron chi connectivity index (χ0n) is 13.7. The smallest absolute Gasteiger partial charge is 0.244 e. The highest BCUT2D eigenvalue weighted by Gasteiger charge is 2.31. The van der Waals surface area contributed by atoms with Crippen molar-refractivity contribution in [2.24, 2.45) is 0 Å². The molecule has 3 rings (SSSR count). The number of amides is 1. The fraction of sp³-hybridized carbons (Fsp3) is 0.278. The molecule has 2 aromatic rings. The predicted molar refractivity (Wildman–Crippen MR) is 97.1 cm³/mol. The van der Waals surface area contributed by atoms with E-state index in [4.69, 9.17) is 16.9 Å². The van der Waals surface area contributed by atoms with Gasteiger partial charge >= 0.3 is 0 Å². The summed E-state index contributed by atoms with van der Waals surface area (Å²) in [5, 5.41) is 12.5. The number of hydrogen-bond donors (Lipinski definition) is 2. The molecule has 6 nitrogen and oxygen atoms in total.